The molecule has 0 bridgehead atoms. The summed E-state index contributed by atoms with van der Waals surface area (Å²) in [5.74, 6) is 0. The Morgan fingerprint density at radius 1 is 0.893 bits per heavy atom. The summed E-state index contributed by atoms with van der Waals surface area (Å²) in [5, 5.41) is 0. The van der Waals surface area contributed by atoms with Crippen LogP contribution in [0.4, 0.5) is 0 Å². The highest BCUT2D eigenvalue weighted by molar-refractivity contribution is 8.09. The summed E-state index contributed by atoms with van der Waals surface area (Å²) in [7, 11) is 0.999. The maximum Gasteiger partial charge on any atom is 0.232 e. The van der Waals surface area contributed by atoms with Crippen molar-refractivity contribution in [2.24, 2.45) is 0 Å². The number of hydrogen-bond acceptors (Lipinski definition) is 2. The summed E-state index contributed by atoms with van der Waals surface area (Å²) < 4.78 is 9.97. The second-order valence-electron chi connectivity index (χ2n) is 7.11. The molecule has 2 aromatic heterocycles. The van der Waals surface area contributed by atoms with Crippen molar-refractivity contribution in [2.45, 2.75) is 33.0 Å². The van der Waals surface area contributed by atoms with E-state index in [0.29, 0.717) is 0 Å². The van der Waals surface area contributed by atoms with E-state index in [0.717, 1.165) is 33.9 Å². The second-order valence-corrected chi connectivity index (χ2v) is 8.46. The quantitative estimate of drug-likeness (QED) is 0.308. The third kappa shape index (κ3) is 6.30. The molecule has 0 unspecified atom stereocenters. The molecular formula is C22H26BN2OPS+2. The molecule has 3 nitrogen and oxygen atoms in total. The first-order valence-corrected chi connectivity index (χ1v) is 11.7. The Labute approximate surface area is 175 Å². The first-order chi connectivity index (χ1) is 13.6. The highest BCUT2D eigenvalue weighted by atomic mass is 32.4. The number of ether oxygens (including phenoxy) is 1. The van der Waals surface area contributed by atoms with Crippen molar-refractivity contribution in [1.82, 2.24) is 0 Å². The number of pyridine rings is 2. The van der Waals surface area contributed by atoms with E-state index < -0.39 is 0 Å². The molecule has 0 amide bonds. The van der Waals surface area contributed by atoms with Crippen LogP contribution in [-0.4, -0.2) is 19.7 Å². The van der Waals surface area contributed by atoms with Gasteiger partial charge in [0.15, 0.2) is 37.9 Å². The normalized spacial score (nSPS) is 11.1. The number of benzene rings is 1. The molecule has 0 atom stereocenters. The summed E-state index contributed by atoms with van der Waals surface area (Å²) in [6, 6.07) is 17.4. The van der Waals surface area contributed by atoms with Gasteiger partial charge in [-0.15, -0.1) is 0 Å². The molecule has 0 saturated carbocycles. The molecule has 1 aromatic carbocycles. The summed E-state index contributed by atoms with van der Waals surface area (Å²) >= 11 is 5.02. The smallest absolute Gasteiger partial charge is 0.232 e. The molecule has 0 N–H and O–H groups in total. The van der Waals surface area contributed by atoms with E-state index in [1.807, 2.05) is 0 Å². The fourth-order valence-corrected chi connectivity index (χ4v) is 3.79. The Kier molecular flexibility index (Phi) is 7.85. The summed E-state index contributed by atoms with van der Waals surface area (Å²) in [6.45, 7) is 7.55. The Bertz CT molecular complexity index is 884. The zero-order valence-corrected chi connectivity index (χ0v) is 18.2. The van der Waals surface area contributed by atoms with Gasteiger partial charge in [0.2, 0.25) is 7.00 Å². The lowest BCUT2D eigenvalue weighted by Gasteiger charge is -2.05. The average molecular weight is 408 g/mol. The number of hydrogen-bond donors (Lipinski definition) is 0. The van der Waals surface area contributed by atoms with E-state index >= 15 is 0 Å². The van der Waals surface area contributed by atoms with E-state index in [-0.39, 0.29) is 6.10 Å². The Morgan fingerprint density at radius 2 is 1.46 bits per heavy atom. The van der Waals surface area contributed by atoms with Crippen LogP contribution in [0.2, 0.25) is 0 Å². The van der Waals surface area contributed by atoms with E-state index in [1.165, 1.54) is 22.2 Å². The maximum atomic E-state index is 5.61. The first kappa shape index (κ1) is 20.8. The van der Waals surface area contributed by atoms with Gasteiger partial charge >= 0.3 is 0 Å². The van der Waals surface area contributed by atoms with Crippen LogP contribution < -0.4 is 14.6 Å². The Hall–Kier alpha value is -1.94. The van der Waals surface area contributed by atoms with Gasteiger partial charge in [-0.25, -0.2) is 9.13 Å². The van der Waals surface area contributed by atoms with Crippen LogP contribution in [0.25, 0.3) is 11.1 Å². The average Bonchev–Trinajstić information content (AvgIpc) is 2.71. The van der Waals surface area contributed by atoms with E-state index in [2.05, 4.69) is 96.3 Å². The van der Waals surface area contributed by atoms with Crippen molar-refractivity contribution < 1.29 is 13.9 Å². The standard InChI is InChI=1S/C22H26BN2OPS/c1-18(2)26-16-15-24-11-7-20(8-12-24)21-9-13-25(14-10-21)17-19-3-5-22(6-4-19)23-27-28/h3-14,18,23H,15-17H2,1-2H3/q+2. The van der Waals surface area contributed by atoms with Crippen LogP contribution in [0.1, 0.15) is 19.4 Å². The van der Waals surface area contributed by atoms with Crippen molar-refractivity contribution >= 4 is 31.5 Å². The third-order valence-electron chi connectivity index (χ3n) is 4.55. The Balaban J connectivity index is 1.59. The minimum Gasteiger partial charge on any atom is -0.372 e. The van der Waals surface area contributed by atoms with Gasteiger partial charge in [-0.2, -0.15) is 0 Å². The predicted molar refractivity (Wildman–Crippen MR) is 120 cm³/mol. The van der Waals surface area contributed by atoms with Gasteiger partial charge < -0.3 is 4.74 Å². The molecule has 0 spiro atoms. The highest BCUT2D eigenvalue weighted by Crippen LogP contribution is 2.15. The minimum atomic E-state index is 0.278. The lowest BCUT2D eigenvalue weighted by molar-refractivity contribution is -0.698. The van der Waals surface area contributed by atoms with Crippen LogP contribution in [0.15, 0.2) is 73.3 Å². The molecule has 142 valence electrons. The minimum absolute atomic E-state index is 0.278. The largest absolute Gasteiger partial charge is 0.372 e. The molecule has 0 aliphatic heterocycles. The zero-order chi connectivity index (χ0) is 19.8. The summed E-state index contributed by atoms with van der Waals surface area (Å²) in [4.78, 5) is 0. The lowest BCUT2D eigenvalue weighted by atomic mass is 9.93. The molecule has 0 fully saturated rings. The molecule has 28 heavy (non-hydrogen) atoms. The fourth-order valence-electron chi connectivity index (χ4n) is 2.98. The number of rotatable bonds is 9. The topological polar surface area (TPSA) is 17.0 Å². The molecule has 0 saturated heterocycles. The molecule has 2 heterocycles. The molecule has 6 heteroatoms. The van der Waals surface area contributed by atoms with Gasteiger partial charge in [0.05, 0.1) is 6.10 Å². The summed E-state index contributed by atoms with van der Waals surface area (Å²) in [6.07, 6.45) is 8.79. The molecule has 3 rings (SSSR count). The van der Waals surface area contributed by atoms with Crippen LogP contribution in [-0.2, 0) is 29.6 Å². The van der Waals surface area contributed by atoms with Crippen molar-refractivity contribution in [3.8, 4) is 11.1 Å². The van der Waals surface area contributed by atoms with E-state index in [9.17, 15) is 0 Å². The molecule has 3 aromatic rings. The van der Waals surface area contributed by atoms with Crippen molar-refractivity contribution in [3.63, 3.8) is 0 Å². The second kappa shape index (κ2) is 10.6. The zero-order valence-electron chi connectivity index (χ0n) is 16.5. The maximum absolute atomic E-state index is 5.61. The van der Waals surface area contributed by atoms with Crippen molar-refractivity contribution in [2.75, 3.05) is 6.61 Å². The van der Waals surface area contributed by atoms with E-state index in [4.69, 9.17) is 16.5 Å². The number of aromatic nitrogens is 2. The van der Waals surface area contributed by atoms with Gasteiger partial charge in [-0.1, -0.05) is 48.8 Å². The van der Waals surface area contributed by atoms with Crippen LogP contribution >= 0.6 is 7.23 Å². The van der Waals surface area contributed by atoms with Crippen LogP contribution in [0, 0.1) is 0 Å². The van der Waals surface area contributed by atoms with Gasteiger partial charge in [0.25, 0.3) is 0 Å². The highest BCUT2D eigenvalue weighted by Gasteiger charge is 2.07. The first-order valence-electron chi connectivity index (χ1n) is 9.61. The van der Waals surface area contributed by atoms with Crippen molar-refractivity contribution in [1.29, 1.82) is 0 Å². The monoisotopic (exact) mass is 408 g/mol. The Morgan fingerprint density at radius 3 is 2.00 bits per heavy atom. The predicted octanol–water partition coefficient (Wildman–Crippen LogP) is 2.79. The molecular weight excluding hydrogens is 382 g/mol. The third-order valence-corrected chi connectivity index (χ3v) is 5.43. The van der Waals surface area contributed by atoms with Gasteiger partial charge in [0.1, 0.15) is 6.61 Å². The number of nitrogens with zero attached hydrogens (tertiary/aromatic N) is 2. The van der Waals surface area contributed by atoms with E-state index in [1.54, 1.807) is 0 Å². The van der Waals surface area contributed by atoms with Crippen LogP contribution in [0.3, 0.4) is 0 Å². The molecule has 0 radical (unpaired) electrons. The SMILES string of the molecule is CC(C)OCC[n+]1ccc(-c2cc[n+](Cc3ccc(BP=S)cc3)cc2)cc1. The van der Waals surface area contributed by atoms with Gasteiger partial charge in [-0.05, 0) is 25.0 Å². The lowest BCUT2D eigenvalue weighted by Crippen LogP contribution is -2.35. The molecule has 0 aliphatic rings. The fraction of sp³-hybridized carbons (Fsp3) is 0.273. The van der Waals surface area contributed by atoms with Crippen molar-refractivity contribution in [3.05, 3.63) is 78.9 Å². The summed E-state index contributed by atoms with van der Waals surface area (Å²) in [5.41, 5.74) is 5.05. The van der Waals surface area contributed by atoms with Crippen LogP contribution in [0.5, 0.6) is 0 Å². The molecule has 0 aliphatic carbocycles. The van der Waals surface area contributed by atoms with Gasteiger partial charge in [0, 0.05) is 29.8 Å². The van der Waals surface area contributed by atoms with Gasteiger partial charge in [-0.3, -0.25) is 0 Å².